The molecule has 0 unspecified atom stereocenters. The first-order chi connectivity index (χ1) is 12.5. The number of rotatable bonds is 6. The van der Waals surface area contributed by atoms with E-state index in [2.05, 4.69) is 21.2 Å². The van der Waals surface area contributed by atoms with Gasteiger partial charge in [0.25, 0.3) is 0 Å². The second kappa shape index (κ2) is 9.66. The lowest BCUT2D eigenvalue weighted by molar-refractivity contribution is -0.121. The molecule has 0 bridgehead atoms. The molecule has 0 spiro atoms. The molecule has 8 heteroatoms. The fraction of sp³-hybridized carbons (Fsp3) is 0.556. The molecule has 1 aliphatic heterocycles. The van der Waals surface area contributed by atoms with E-state index in [-0.39, 0.29) is 24.5 Å². The average molecular weight is 429 g/mol. The van der Waals surface area contributed by atoms with Crippen molar-refractivity contribution in [3.8, 4) is 11.5 Å². The maximum absolute atomic E-state index is 12.4. The van der Waals surface area contributed by atoms with Crippen molar-refractivity contribution in [3.05, 3.63) is 22.2 Å². The number of halogens is 1. The van der Waals surface area contributed by atoms with Crippen molar-refractivity contribution < 1.29 is 23.8 Å². The molecule has 0 aromatic heterocycles. The van der Waals surface area contributed by atoms with Crippen LogP contribution in [-0.2, 0) is 16.0 Å². The van der Waals surface area contributed by atoms with Gasteiger partial charge in [0.15, 0.2) is 11.5 Å². The first kappa shape index (κ1) is 20.4. The van der Waals surface area contributed by atoms with Crippen LogP contribution in [0.4, 0.5) is 4.79 Å². The minimum atomic E-state index is -0.286. The fourth-order valence-electron chi connectivity index (χ4n) is 2.90. The normalized spacial score (nSPS) is 14.7. The number of hydrogen-bond acceptors (Lipinski definition) is 5. The third-order valence-electron chi connectivity index (χ3n) is 4.29. The molecule has 2 rings (SSSR count). The summed E-state index contributed by atoms with van der Waals surface area (Å²) in [6.07, 6.45) is 1.39. The third-order valence-corrected chi connectivity index (χ3v) is 5.03. The molecule has 1 aromatic carbocycles. The van der Waals surface area contributed by atoms with Gasteiger partial charge in [0, 0.05) is 23.6 Å². The second-order valence-corrected chi connectivity index (χ2v) is 6.86. The maximum atomic E-state index is 12.4. The van der Waals surface area contributed by atoms with Gasteiger partial charge in [0.1, 0.15) is 0 Å². The van der Waals surface area contributed by atoms with Crippen LogP contribution in [0.15, 0.2) is 16.6 Å². The average Bonchev–Trinajstić information content (AvgIpc) is 2.63. The predicted octanol–water partition coefficient (Wildman–Crippen LogP) is 2.75. The molecule has 7 nitrogen and oxygen atoms in total. The van der Waals surface area contributed by atoms with Gasteiger partial charge in [-0.3, -0.25) is 4.79 Å². The van der Waals surface area contributed by atoms with E-state index in [4.69, 9.17) is 14.2 Å². The molecule has 1 heterocycles. The smallest absolute Gasteiger partial charge is 0.409 e. The van der Waals surface area contributed by atoms with Crippen molar-refractivity contribution in [1.82, 2.24) is 10.2 Å². The Morgan fingerprint density at radius 3 is 2.38 bits per heavy atom. The highest BCUT2D eigenvalue weighted by Gasteiger charge is 2.24. The zero-order valence-corrected chi connectivity index (χ0v) is 16.9. The Bertz CT molecular complexity index is 645. The number of likely N-dealkylation sites (tertiary alicyclic amines) is 1. The van der Waals surface area contributed by atoms with Gasteiger partial charge >= 0.3 is 6.09 Å². The van der Waals surface area contributed by atoms with E-state index >= 15 is 0 Å². The monoisotopic (exact) mass is 428 g/mol. The zero-order chi connectivity index (χ0) is 19.1. The van der Waals surface area contributed by atoms with Gasteiger partial charge < -0.3 is 24.4 Å². The summed E-state index contributed by atoms with van der Waals surface area (Å²) in [5.41, 5.74) is 0.823. The van der Waals surface area contributed by atoms with Gasteiger partial charge in [-0.05, 0) is 37.5 Å². The Hall–Kier alpha value is -1.96. The standard InChI is InChI=1S/C18H25BrN2O5/c1-4-26-18(23)21-7-5-13(6-8-21)20-17(22)10-12-9-15(24-2)16(25-3)11-14(12)19/h9,11,13H,4-8,10H2,1-3H3,(H,20,22). The summed E-state index contributed by atoms with van der Waals surface area (Å²) in [5.74, 6) is 1.13. The molecule has 1 fully saturated rings. The number of ether oxygens (including phenoxy) is 3. The summed E-state index contributed by atoms with van der Waals surface area (Å²) in [6, 6.07) is 3.65. The molecule has 1 aromatic rings. The van der Waals surface area contributed by atoms with E-state index in [1.54, 1.807) is 38.2 Å². The minimum Gasteiger partial charge on any atom is -0.493 e. The molecule has 1 aliphatic rings. The van der Waals surface area contributed by atoms with E-state index in [1.165, 1.54) is 0 Å². The van der Waals surface area contributed by atoms with Crippen LogP contribution in [0.5, 0.6) is 11.5 Å². The highest BCUT2D eigenvalue weighted by atomic mass is 79.9. The first-order valence-electron chi connectivity index (χ1n) is 8.59. The number of benzene rings is 1. The van der Waals surface area contributed by atoms with E-state index in [0.29, 0.717) is 31.2 Å². The molecular formula is C18H25BrN2O5. The molecule has 1 N–H and O–H groups in total. The Morgan fingerprint density at radius 2 is 1.81 bits per heavy atom. The summed E-state index contributed by atoms with van der Waals surface area (Å²) < 4.78 is 16.3. The summed E-state index contributed by atoms with van der Waals surface area (Å²) in [4.78, 5) is 25.8. The minimum absolute atomic E-state index is 0.0621. The molecular weight excluding hydrogens is 404 g/mol. The highest BCUT2D eigenvalue weighted by molar-refractivity contribution is 9.10. The first-order valence-corrected chi connectivity index (χ1v) is 9.39. The molecule has 0 atom stereocenters. The van der Waals surface area contributed by atoms with Gasteiger partial charge in [-0.15, -0.1) is 0 Å². The van der Waals surface area contributed by atoms with Crippen LogP contribution in [0.25, 0.3) is 0 Å². The number of hydrogen-bond donors (Lipinski definition) is 1. The van der Waals surface area contributed by atoms with Gasteiger partial charge in [-0.1, -0.05) is 15.9 Å². The molecule has 1 saturated heterocycles. The van der Waals surface area contributed by atoms with E-state index < -0.39 is 0 Å². The van der Waals surface area contributed by atoms with Crippen molar-refractivity contribution in [1.29, 1.82) is 0 Å². The van der Waals surface area contributed by atoms with Crippen LogP contribution in [0.2, 0.25) is 0 Å². The van der Waals surface area contributed by atoms with Gasteiger partial charge in [0.05, 0.1) is 27.2 Å². The largest absolute Gasteiger partial charge is 0.493 e. The summed E-state index contributed by atoms with van der Waals surface area (Å²) in [7, 11) is 3.13. The number of methoxy groups -OCH3 is 2. The van der Waals surface area contributed by atoms with Crippen LogP contribution < -0.4 is 14.8 Å². The lowest BCUT2D eigenvalue weighted by atomic mass is 10.0. The number of amides is 2. The van der Waals surface area contributed by atoms with Gasteiger partial charge in [0.2, 0.25) is 5.91 Å². The summed E-state index contributed by atoms with van der Waals surface area (Å²) in [5, 5.41) is 3.04. The molecule has 2 amide bonds. The van der Waals surface area contributed by atoms with Crippen molar-refractivity contribution in [2.75, 3.05) is 33.9 Å². The van der Waals surface area contributed by atoms with Crippen LogP contribution in [0.3, 0.4) is 0 Å². The molecule has 0 saturated carbocycles. The second-order valence-electron chi connectivity index (χ2n) is 6.00. The SMILES string of the molecule is CCOC(=O)N1CCC(NC(=O)Cc2cc(OC)c(OC)cc2Br)CC1. The Morgan fingerprint density at radius 1 is 1.19 bits per heavy atom. The van der Waals surface area contributed by atoms with E-state index in [9.17, 15) is 9.59 Å². The molecule has 0 aliphatic carbocycles. The number of carbonyl (C=O) groups excluding carboxylic acids is 2. The topological polar surface area (TPSA) is 77.1 Å². The quantitative estimate of drug-likeness (QED) is 0.753. The van der Waals surface area contributed by atoms with E-state index in [0.717, 1.165) is 22.9 Å². The van der Waals surface area contributed by atoms with Crippen LogP contribution in [0.1, 0.15) is 25.3 Å². The lowest BCUT2D eigenvalue weighted by Gasteiger charge is -2.31. The molecule has 144 valence electrons. The van der Waals surface area contributed by atoms with Crippen molar-refractivity contribution >= 4 is 27.9 Å². The van der Waals surface area contributed by atoms with Crippen molar-refractivity contribution in [2.24, 2.45) is 0 Å². The lowest BCUT2D eigenvalue weighted by Crippen LogP contribution is -2.47. The molecule has 0 radical (unpaired) electrons. The Labute approximate surface area is 162 Å². The summed E-state index contributed by atoms with van der Waals surface area (Å²) >= 11 is 3.47. The third kappa shape index (κ3) is 5.27. The molecule has 26 heavy (non-hydrogen) atoms. The van der Waals surface area contributed by atoms with Gasteiger partial charge in [-0.25, -0.2) is 4.79 Å². The van der Waals surface area contributed by atoms with Crippen LogP contribution in [0, 0.1) is 0 Å². The zero-order valence-electron chi connectivity index (χ0n) is 15.3. The number of nitrogens with zero attached hydrogens (tertiary/aromatic N) is 1. The van der Waals surface area contributed by atoms with Crippen LogP contribution in [-0.4, -0.2) is 56.9 Å². The predicted molar refractivity (Wildman–Crippen MR) is 101 cm³/mol. The van der Waals surface area contributed by atoms with E-state index in [1.807, 2.05) is 0 Å². The number of nitrogens with one attached hydrogen (secondary N) is 1. The van der Waals surface area contributed by atoms with Crippen molar-refractivity contribution in [2.45, 2.75) is 32.2 Å². The van der Waals surface area contributed by atoms with Crippen LogP contribution >= 0.6 is 15.9 Å². The highest BCUT2D eigenvalue weighted by Crippen LogP contribution is 2.33. The fourth-order valence-corrected chi connectivity index (χ4v) is 3.37. The maximum Gasteiger partial charge on any atom is 0.409 e. The van der Waals surface area contributed by atoms with Crippen molar-refractivity contribution in [3.63, 3.8) is 0 Å². The number of piperidine rings is 1. The Balaban J connectivity index is 1.89. The number of carbonyl (C=O) groups is 2. The van der Waals surface area contributed by atoms with Gasteiger partial charge in [-0.2, -0.15) is 0 Å². The Kier molecular flexibility index (Phi) is 7.56. The summed E-state index contributed by atoms with van der Waals surface area (Å²) in [6.45, 7) is 3.33.